The van der Waals surface area contributed by atoms with Crippen LogP contribution in [0.5, 0.6) is 5.75 Å². The van der Waals surface area contributed by atoms with Crippen LogP contribution in [0, 0.1) is 6.92 Å². The molecule has 0 saturated heterocycles. The van der Waals surface area contributed by atoms with Gasteiger partial charge in [-0.3, -0.25) is 0 Å². The first-order valence-corrected chi connectivity index (χ1v) is 11.6. The molecular weight excluding hydrogens is 416 g/mol. The first-order chi connectivity index (χ1) is 14.6. The van der Waals surface area contributed by atoms with Crippen molar-refractivity contribution in [2.24, 2.45) is 0 Å². The molecule has 2 heterocycles. The molecule has 1 aliphatic rings. The average molecular weight is 443 g/mol. The van der Waals surface area contributed by atoms with E-state index in [0.29, 0.717) is 30.1 Å². The Kier molecular flexibility index (Phi) is 5.21. The van der Waals surface area contributed by atoms with Crippen molar-refractivity contribution in [3.8, 4) is 5.75 Å². The molecule has 1 amide bonds. The maximum Gasteiger partial charge on any atom is 0.410 e. The molecule has 0 N–H and O–H groups in total. The largest absolute Gasteiger partial charge is 0.491 e. The third kappa shape index (κ3) is 3.99. The molecular formula is C23H26N2O5S. The highest BCUT2D eigenvalue weighted by Crippen LogP contribution is 2.35. The lowest BCUT2D eigenvalue weighted by molar-refractivity contribution is 0.0226. The van der Waals surface area contributed by atoms with E-state index in [1.165, 1.54) is 3.97 Å². The Labute approximate surface area is 182 Å². The minimum absolute atomic E-state index is 0.220. The third-order valence-corrected chi connectivity index (χ3v) is 6.92. The van der Waals surface area contributed by atoms with Gasteiger partial charge >= 0.3 is 6.09 Å². The number of amides is 1. The molecule has 8 heteroatoms. The van der Waals surface area contributed by atoms with Crippen LogP contribution >= 0.6 is 0 Å². The van der Waals surface area contributed by atoms with Gasteiger partial charge in [-0.2, -0.15) is 0 Å². The van der Waals surface area contributed by atoms with Crippen molar-refractivity contribution in [3.05, 3.63) is 59.8 Å². The zero-order valence-electron chi connectivity index (χ0n) is 18.1. The van der Waals surface area contributed by atoms with Gasteiger partial charge < -0.3 is 14.4 Å². The Hall–Kier alpha value is -3.00. The Morgan fingerprint density at radius 1 is 1.10 bits per heavy atom. The van der Waals surface area contributed by atoms with Gasteiger partial charge in [-0.15, -0.1) is 0 Å². The lowest BCUT2D eigenvalue weighted by Crippen LogP contribution is -2.37. The van der Waals surface area contributed by atoms with Gasteiger partial charge in [0.05, 0.1) is 23.5 Å². The van der Waals surface area contributed by atoms with Crippen LogP contribution in [0.15, 0.2) is 53.4 Å². The second-order valence-corrected chi connectivity index (χ2v) is 10.4. The summed E-state index contributed by atoms with van der Waals surface area (Å²) in [5, 5.41) is 0.741. The van der Waals surface area contributed by atoms with Crippen LogP contribution < -0.4 is 4.74 Å². The van der Waals surface area contributed by atoms with Gasteiger partial charge in [-0.25, -0.2) is 17.2 Å². The second-order valence-electron chi connectivity index (χ2n) is 8.59. The third-order valence-electron chi connectivity index (χ3n) is 5.08. The highest BCUT2D eigenvalue weighted by molar-refractivity contribution is 7.90. The van der Waals surface area contributed by atoms with Crippen molar-refractivity contribution in [2.45, 2.75) is 44.7 Å². The molecule has 0 unspecified atom stereocenters. The molecule has 0 spiro atoms. The average Bonchev–Trinajstić information content (AvgIpc) is 2.89. The van der Waals surface area contributed by atoms with Crippen molar-refractivity contribution in [1.29, 1.82) is 0 Å². The number of aryl methyl sites for hydroxylation is 1. The predicted octanol–water partition coefficient (Wildman–Crippen LogP) is 4.32. The summed E-state index contributed by atoms with van der Waals surface area (Å²) in [5.41, 5.74) is 1.30. The highest BCUT2D eigenvalue weighted by atomic mass is 32.2. The summed E-state index contributed by atoms with van der Waals surface area (Å²) in [6.07, 6.45) is -0.422. The lowest BCUT2D eigenvalue weighted by atomic mass is 10.1. The number of rotatable bonds is 2. The van der Waals surface area contributed by atoms with Gasteiger partial charge in [0.15, 0.2) is 0 Å². The Morgan fingerprint density at radius 3 is 2.48 bits per heavy atom. The Morgan fingerprint density at radius 2 is 1.81 bits per heavy atom. The molecule has 164 valence electrons. The molecule has 0 atom stereocenters. The zero-order valence-corrected chi connectivity index (χ0v) is 18.9. The van der Waals surface area contributed by atoms with E-state index in [9.17, 15) is 13.2 Å². The van der Waals surface area contributed by atoms with Crippen molar-refractivity contribution in [3.63, 3.8) is 0 Å². The number of ether oxygens (including phenoxy) is 2. The molecule has 0 fully saturated rings. The molecule has 7 nitrogen and oxygen atoms in total. The van der Waals surface area contributed by atoms with E-state index in [1.807, 2.05) is 26.8 Å². The number of aromatic nitrogens is 1. The summed E-state index contributed by atoms with van der Waals surface area (Å²) in [6, 6.07) is 13.7. The maximum atomic E-state index is 13.3. The van der Waals surface area contributed by atoms with Crippen molar-refractivity contribution >= 4 is 27.0 Å². The van der Waals surface area contributed by atoms with Gasteiger partial charge in [0.25, 0.3) is 10.0 Å². The van der Waals surface area contributed by atoms with Crippen molar-refractivity contribution < 1.29 is 22.7 Å². The van der Waals surface area contributed by atoms with E-state index in [2.05, 4.69) is 0 Å². The van der Waals surface area contributed by atoms with Crippen LogP contribution in [0.25, 0.3) is 10.9 Å². The van der Waals surface area contributed by atoms with Gasteiger partial charge in [0, 0.05) is 16.6 Å². The van der Waals surface area contributed by atoms with Crippen LogP contribution in [0.1, 0.15) is 32.0 Å². The molecule has 3 aromatic rings. The molecule has 1 aliphatic heterocycles. The van der Waals surface area contributed by atoms with Gasteiger partial charge in [0.1, 0.15) is 18.0 Å². The number of carbonyl (C=O) groups excluding carboxylic acids is 1. The fourth-order valence-corrected chi connectivity index (χ4v) is 5.32. The molecule has 0 radical (unpaired) electrons. The van der Waals surface area contributed by atoms with E-state index in [-0.39, 0.29) is 11.4 Å². The van der Waals surface area contributed by atoms with Crippen LogP contribution in [0.4, 0.5) is 4.79 Å². The summed E-state index contributed by atoms with van der Waals surface area (Å²) in [6.45, 7) is 8.22. The summed E-state index contributed by atoms with van der Waals surface area (Å²) >= 11 is 0. The quantitative estimate of drug-likeness (QED) is 0.591. The summed E-state index contributed by atoms with van der Waals surface area (Å²) in [4.78, 5) is 14.5. The molecule has 0 saturated carbocycles. The normalized spacial score (nSPS) is 14.6. The highest BCUT2D eigenvalue weighted by Gasteiger charge is 2.28. The molecule has 31 heavy (non-hydrogen) atoms. The van der Waals surface area contributed by atoms with Crippen LogP contribution in [0.3, 0.4) is 0 Å². The molecule has 1 aromatic heterocycles. The number of hydrogen-bond donors (Lipinski definition) is 0. The predicted molar refractivity (Wildman–Crippen MR) is 118 cm³/mol. The summed E-state index contributed by atoms with van der Waals surface area (Å²) in [5.74, 6) is 0.646. The van der Waals surface area contributed by atoms with E-state index in [0.717, 1.165) is 10.9 Å². The number of nitrogens with zero attached hydrogens (tertiary/aromatic N) is 2. The standard InChI is InChI=1S/C23H26N2O5S/c1-16-14-18-19-15-24(22(26)30-23(2,3)4)12-13-29-21(19)11-10-20(18)25(16)31(27,28)17-8-6-5-7-9-17/h5-11,14H,12-13,15H2,1-4H3. The van der Waals surface area contributed by atoms with Crippen LogP contribution in [-0.2, 0) is 21.3 Å². The van der Waals surface area contributed by atoms with Crippen LogP contribution in [0.2, 0.25) is 0 Å². The minimum Gasteiger partial charge on any atom is -0.491 e. The lowest BCUT2D eigenvalue weighted by Gasteiger charge is -2.26. The van der Waals surface area contributed by atoms with E-state index < -0.39 is 21.7 Å². The molecule has 2 aromatic carbocycles. The number of fused-ring (bicyclic) bond motifs is 3. The van der Waals surface area contributed by atoms with E-state index >= 15 is 0 Å². The molecule has 0 aliphatic carbocycles. The summed E-state index contributed by atoms with van der Waals surface area (Å²) in [7, 11) is -3.77. The minimum atomic E-state index is -3.77. The van der Waals surface area contributed by atoms with Gasteiger partial charge in [-0.1, -0.05) is 18.2 Å². The number of benzene rings is 2. The number of hydrogen-bond acceptors (Lipinski definition) is 5. The van der Waals surface area contributed by atoms with Crippen molar-refractivity contribution in [2.75, 3.05) is 13.2 Å². The first-order valence-electron chi connectivity index (χ1n) is 10.1. The first kappa shape index (κ1) is 21.2. The second kappa shape index (κ2) is 7.60. The fraction of sp³-hybridized carbons (Fsp3) is 0.348. The van der Waals surface area contributed by atoms with E-state index in [1.54, 1.807) is 54.3 Å². The van der Waals surface area contributed by atoms with Gasteiger partial charge in [0.2, 0.25) is 0 Å². The molecule has 0 bridgehead atoms. The number of carbonyl (C=O) groups is 1. The molecule has 4 rings (SSSR count). The fourth-order valence-electron chi connectivity index (χ4n) is 3.76. The summed E-state index contributed by atoms with van der Waals surface area (Å²) < 4.78 is 39.4. The van der Waals surface area contributed by atoms with E-state index in [4.69, 9.17) is 9.47 Å². The SMILES string of the molecule is Cc1cc2c3c(ccc2n1S(=O)(=O)c1ccccc1)OCCN(C(=O)OC(C)(C)C)C3. The van der Waals surface area contributed by atoms with Crippen molar-refractivity contribution in [1.82, 2.24) is 8.87 Å². The topological polar surface area (TPSA) is 77.8 Å². The smallest absolute Gasteiger partial charge is 0.410 e. The Balaban J connectivity index is 1.81. The maximum absolute atomic E-state index is 13.3. The zero-order chi connectivity index (χ0) is 22.4. The van der Waals surface area contributed by atoms with Gasteiger partial charge in [-0.05, 0) is 58.0 Å². The monoisotopic (exact) mass is 442 g/mol. The Bertz CT molecular complexity index is 1240. The van der Waals surface area contributed by atoms with Crippen LogP contribution in [-0.4, -0.2) is 42.1 Å².